The van der Waals surface area contributed by atoms with Gasteiger partial charge in [0, 0.05) is 0 Å². The molecule has 0 saturated heterocycles. The fraction of sp³-hybridized carbons (Fsp3) is 0.250. The second kappa shape index (κ2) is 5.85. The summed E-state index contributed by atoms with van der Waals surface area (Å²) in [6.07, 6.45) is 0. The Labute approximate surface area is 85.9 Å². The predicted octanol–water partition coefficient (Wildman–Crippen LogP) is -0.262. The Morgan fingerprint density at radius 2 is 0.923 bits per heavy atom. The molecule has 0 unspecified atom stereocenters. The van der Waals surface area contributed by atoms with E-state index in [0.717, 1.165) is 0 Å². The third-order valence-electron chi connectivity index (χ3n) is 0.681. The van der Waals surface area contributed by atoms with Crippen molar-refractivity contribution in [1.82, 2.24) is 15.0 Å². The molecule has 0 radical (unpaired) electrons. The Hall–Kier alpha value is -0.720. The van der Waals surface area contributed by atoms with Crippen molar-refractivity contribution in [2.24, 2.45) is 0 Å². The Kier molecular flexibility index (Phi) is 5.52. The van der Waals surface area contributed by atoms with E-state index in [1.54, 1.807) is 15.0 Å². The maximum absolute atomic E-state index is 10.2. The van der Waals surface area contributed by atoms with Crippen molar-refractivity contribution >= 4 is 34.8 Å². The molecular weight excluding hydrogens is 244 g/mol. The molecule has 0 aromatic carbocycles. The van der Waals surface area contributed by atoms with Crippen LogP contribution in [0.4, 0.5) is 0 Å². The first-order valence-electron chi connectivity index (χ1n) is 2.77. The number of halogens is 3. The van der Waals surface area contributed by atoms with Crippen molar-refractivity contribution in [3.63, 3.8) is 0 Å². The summed E-state index contributed by atoms with van der Waals surface area (Å²) in [5, 5.41) is 0. The summed E-state index contributed by atoms with van der Waals surface area (Å²) in [5.41, 5.74) is -2.41. The Morgan fingerprint density at radius 1 is 0.769 bits per heavy atom. The molecule has 1 aromatic rings. The molecule has 0 spiro atoms. The normalized spacial score (nSPS) is 9.23. The van der Waals surface area contributed by atoms with Crippen molar-refractivity contribution in [3.05, 3.63) is 31.5 Å². The van der Waals surface area contributed by atoms with Crippen molar-refractivity contribution in [2.75, 3.05) is 0 Å². The van der Waals surface area contributed by atoms with Gasteiger partial charge in [-0.25, -0.2) is 14.4 Å². The van der Waals surface area contributed by atoms with Crippen molar-refractivity contribution in [2.45, 2.75) is 4.30 Å². The van der Waals surface area contributed by atoms with Crippen LogP contribution in [0.3, 0.4) is 0 Å². The van der Waals surface area contributed by atoms with E-state index in [0.29, 0.717) is 0 Å². The quantitative estimate of drug-likeness (QED) is 0.552. The Morgan fingerprint density at radius 3 is 1.08 bits per heavy atom. The molecular formula is C4H4Cl3N3O3. The molecule has 1 aromatic heterocycles. The summed E-state index contributed by atoms with van der Waals surface area (Å²) in [5.74, 6) is 0. The second-order valence-corrected chi connectivity index (χ2v) is 3.59. The number of alkyl halides is 3. The van der Waals surface area contributed by atoms with E-state index < -0.39 is 21.4 Å². The molecule has 1 rings (SSSR count). The third kappa shape index (κ3) is 7.63. The second-order valence-electron chi connectivity index (χ2n) is 1.61. The van der Waals surface area contributed by atoms with E-state index >= 15 is 0 Å². The number of H-pyrrole nitrogens is 3. The molecule has 9 heteroatoms. The highest BCUT2D eigenvalue weighted by Crippen LogP contribution is 2.03. The number of hydrogen-bond acceptors (Lipinski definition) is 3. The number of hydrogen-bond donors (Lipinski definition) is 3. The summed E-state index contributed by atoms with van der Waals surface area (Å²) in [6, 6.07) is 0. The number of nitrogens with one attached hydrogen (secondary N) is 3. The van der Waals surface area contributed by atoms with Crippen LogP contribution in [-0.2, 0) is 0 Å². The average molecular weight is 248 g/mol. The van der Waals surface area contributed by atoms with Gasteiger partial charge < -0.3 is 0 Å². The van der Waals surface area contributed by atoms with Crippen LogP contribution in [0, 0.1) is 0 Å². The number of rotatable bonds is 0. The zero-order valence-corrected chi connectivity index (χ0v) is 8.20. The lowest BCUT2D eigenvalue weighted by molar-refractivity contribution is 0.888. The monoisotopic (exact) mass is 247 g/mol. The summed E-state index contributed by atoms with van der Waals surface area (Å²) in [4.78, 5) is 35.9. The smallest absolute Gasteiger partial charge is 0.259 e. The molecule has 74 valence electrons. The van der Waals surface area contributed by atoms with E-state index in [9.17, 15) is 14.4 Å². The van der Waals surface area contributed by atoms with Crippen LogP contribution in [-0.4, -0.2) is 19.2 Å². The van der Waals surface area contributed by atoms with Gasteiger partial charge in [-0.2, -0.15) is 0 Å². The minimum atomic E-state index is -0.802. The molecule has 0 aliphatic carbocycles. The molecule has 0 bridgehead atoms. The van der Waals surface area contributed by atoms with E-state index in [2.05, 4.69) is 0 Å². The molecule has 13 heavy (non-hydrogen) atoms. The van der Waals surface area contributed by atoms with Crippen LogP contribution in [0.25, 0.3) is 0 Å². The summed E-state index contributed by atoms with van der Waals surface area (Å²) in [7, 11) is 0. The van der Waals surface area contributed by atoms with Gasteiger partial charge in [0.25, 0.3) is 0 Å². The zero-order chi connectivity index (χ0) is 10.4. The van der Waals surface area contributed by atoms with Gasteiger partial charge in [-0.1, -0.05) is 34.8 Å². The van der Waals surface area contributed by atoms with Crippen LogP contribution in [0.1, 0.15) is 0 Å². The maximum atomic E-state index is 10.2. The first-order chi connectivity index (χ1) is 5.91. The summed E-state index contributed by atoms with van der Waals surface area (Å²) >= 11 is 14.4. The van der Waals surface area contributed by atoms with Crippen LogP contribution in [0.2, 0.25) is 0 Å². The van der Waals surface area contributed by atoms with E-state index in [1.165, 1.54) is 0 Å². The minimum Gasteiger partial charge on any atom is -0.259 e. The van der Waals surface area contributed by atoms with Crippen LogP contribution < -0.4 is 17.1 Å². The standard InChI is InChI=1S/C3H3N3O3.CHCl3/c7-1-4-2(8)6-3(9)5-1;2-1(3)4/h(H3,4,5,6,7,8,9);1H. The molecule has 0 saturated carbocycles. The summed E-state index contributed by atoms with van der Waals surface area (Å²) in [6.45, 7) is 0. The van der Waals surface area contributed by atoms with Gasteiger partial charge in [0.1, 0.15) is 0 Å². The SMILES string of the molecule is ClC(Cl)Cl.O=c1[nH]c(=O)[nH]c(=O)[nH]1. The topological polar surface area (TPSA) is 98.6 Å². The zero-order valence-electron chi connectivity index (χ0n) is 5.94. The van der Waals surface area contributed by atoms with Gasteiger partial charge in [0.05, 0.1) is 0 Å². The molecule has 0 aliphatic heterocycles. The van der Waals surface area contributed by atoms with Crippen LogP contribution in [0.15, 0.2) is 14.4 Å². The highest BCUT2D eigenvalue weighted by Gasteiger charge is 1.85. The Bertz CT molecular complexity index is 324. The largest absolute Gasteiger partial charge is 0.330 e. The fourth-order valence-electron chi connectivity index (χ4n) is 0.403. The van der Waals surface area contributed by atoms with Gasteiger partial charge in [-0.15, -0.1) is 0 Å². The number of aromatic nitrogens is 3. The van der Waals surface area contributed by atoms with Crippen molar-refractivity contribution < 1.29 is 0 Å². The molecule has 0 fully saturated rings. The van der Waals surface area contributed by atoms with Crippen molar-refractivity contribution in [1.29, 1.82) is 0 Å². The molecule has 1 heterocycles. The summed E-state index contributed by atoms with van der Waals surface area (Å²) < 4.78 is -0.750. The first-order valence-corrected chi connectivity index (χ1v) is 4.08. The van der Waals surface area contributed by atoms with E-state index in [-0.39, 0.29) is 0 Å². The average Bonchev–Trinajstić information content (AvgIpc) is 1.80. The van der Waals surface area contributed by atoms with E-state index in [4.69, 9.17) is 34.8 Å². The highest BCUT2D eigenvalue weighted by atomic mass is 35.6. The molecule has 3 N–H and O–H groups in total. The highest BCUT2D eigenvalue weighted by molar-refractivity contribution is 6.63. The molecule has 6 nitrogen and oxygen atoms in total. The van der Waals surface area contributed by atoms with Gasteiger partial charge in [-0.3, -0.25) is 15.0 Å². The van der Waals surface area contributed by atoms with E-state index in [1.807, 2.05) is 0 Å². The molecule has 0 atom stereocenters. The third-order valence-corrected chi connectivity index (χ3v) is 0.681. The van der Waals surface area contributed by atoms with Gasteiger partial charge in [0.2, 0.25) is 0 Å². The maximum Gasteiger partial charge on any atom is 0.330 e. The fourth-order valence-corrected chi connectivity index (χ4v) is 0.403. The Balaban J connectivity index is 0.000000310. The van der Waals surface area contributed by atoms with Gasteiger partial charge in [0.15, 0.2) is 4.30 Å². The van der Waals surface area contributed by atoms with Gasteiger partial charge >= 0.3 is 17.1 Å². The lowest BCUT2D eigenvalue weighted by atomic mass is 11.0. The number of aromatic amines is 3. The molecule has 0 amide bonds. The van der Waals surface area contributed by atoms with Crippen LogP contribution in [0.5, 0.6) is 0 Å². The lowest BCUT2D eigenvalue weighted by Crippen LogP contribution is -2.34. The van der Waals surface area contributed by atoms with Crippen molar-refractivity contribution in [3.8, 4) is 0 Å². The molecule has 0 aliphatic rings. The van der Waals surface area contributed by atoms with Crippen LogP contribution >= 0.6 is 34.8 Å². The predicted molar refractivity (Wildman–Crippen MR) is 49.7 cm³/mol. The first kappa shape index (κ1) is 12.3. The van der Waals surface area contributed by atoms with Gasteiger partial charge in [-0.05, 0) is 0 Å². The lowest BCUT2D eigenvalue weighted by Gasteiger charge is -1.77. The minimum absolute atomic E-state index is 0.750.